The minimum atomic E-state index is -0.324. The van der Waals surface area contributed by atoms with Crippen molar-refractivity contribution in [2.24, 2.45) is 0 Å². The van der Waals surface area contributed by atoms with Crippen molar-refractivity contribution in [3.63, 3.8) is 0 Å². The van der Waals surface area contributed by atoms with Crippen molar-refractivity contribution in [2.45, 2.75) is 50.7 Å². The molecule has 4 aromatic rings. The van der Waals surface area contributed by atoms with Crippen LogP contribution in [-0.2, 0) is 23.2 Å². The molecule has 0 aliphatic heterocycles. The lowest BCUT2D eigenvalue weighted by Gasteiger charge is -2.35. The number of para-hydroxylation sites is 1. The molecule has 0 unspecified atom stereocenters. The molecule has 174 valence electrons. The molecule has 0 saturated carbocycles. The number of aryl methyl sites for hydroxylation is 1. The van der Waals surface area contributed by atoms with Gasteiger partial charge in [0.15, 0.2) is 5.16 Å². The fourth-order valence-corrected chi connectivity index (χ4v) is 5.31. The van der Waals surface area contributed by atoms with Gasteiger partial charge in [0.2, 0.25) is 11.7 Å². The van der Waals surface area contributed by atoms with E-state index in [2.05, 4.69) is 30.3 Å². The van der Waals surface area contributed by atoms with Crippen LogP contribution in [0.4, 0.5) is 5.69 Å². The van der Waals surface area contributed by atoms with E-state index in [0.29, 0.717) is 16.6 Å². The summed E-state index contributed by atoms with van der Waals surface area (Å²) >= 11 is 1.37. The number of rotatable bonds is 5. The summed E-state index contributed by atoms with van der Waals surface area (Å²) in [6, 6.07) is 15.7. The number of hydrogen-bond acceptors (Lipinski definition) is 5. The quantitative estimate of drug-likeness (QED) is 0.433. The standard InChI is InChI=1S/C26H27N5O2S/c1-5-26(3)14-17-11-7-8-12-18(17)22-21(26)23(33)31-24(28-22)30(29-25(31)34-4)15-20(32)27-19-13-9-6-10-16(19)2/h6-13H,5,14-15H2,1-4H3,(H,27,32)/t26-/m0/s1. The average molecular weight is 474 g/mol. The Hall–Kier alpha value is -3.39. The molecule has 0 spiro atoms. The topological polar surface area (TPSA) is 81.3 Å². The van der Waals surface area contributed by atoms with Gasteiger partial charge in [0.25, 0.3) is 5.56 Å². The van der Waals surface area contributed by atoms with E-state index in [1.54, 1.807) is 4.40 Å². The zero-order valence-corrected chi connectivity index (χ0v) is 20.6. The van der Waals surface area contributed by atoms with Gasteiger partial charge in [0, 0.05) is 16.7 Å². The van der Waals surface area contributed by atoms with Crippen molar-refractivity contribution in [1.82, 2.24) is 19.2 Å². The molecule has 0 fully saturated rings. The summed E-state index contributed by atoms with van der Waals surface area (Å²) in [5.41, 5.74) is 4.89. The van der Waals surface area contributed by atoms with Crippen LogP contribution in [0.1, 0.15) is 37.0 Å². The zero-order chi connectivity index (χ0) is 24.0. The zero-order valence-electron chi connectivity index (χ0n) is 19.8. The number of nitrogens with zero attached hydrogens (tertiary/aromatic N) is 4. The maximum atomic E-state index is 13.9. The summed E-state index contributed by atoms with van der Waals surface area (Å²) in [5.74, 6) is 0.154. The molecule has 2 aromatic carbocycles. The number of nitrogens with one attached hydrogen (secondary N) is 1. The van der Waals surface area contributed by atoms with Gasteiger partial charge in [-0.25, -0.2) is 14.1 Å². The molecule has 1 atom stereocenters. The van der Waals surface area contributed by atoms with Crippen LogP contribution >= 0.6 is 11.8 Å². The van der Waals surface area contributed by atoms with Gasteiger partial charge in [-0.2, -0.15) is 0 Å². The van der Waals surface area contributed by atoms with E-state index in [0.717, 1.165) is 35.2 Å². The van der Waals surface area contributed by atoms with Crippen molar-refractivity contribution in [2.75, 3.05) is 11.6 Å². The molecular weight excluding hydrogens is 446 g/mol. The highest BCUT2D eigenvalue weighted by Gasteiger charge is 2.38. The van der Waals surface area contributed by atoms with Gasteiger partial charge in [-0.3, -0.25) is 9.59 Å². The monoisotopic (exact) mass is 473 g/mol. The Balaban J connectivity index is 1.67. The van der Waals surface area contributed by atoms with Crippen molar-refractivity contribution >= 4 is 29.1 Å². The first-order valence-electron chi connectivity index (χ1n) is 11.4. The molecule has 2 heterocycles. The summed E-state index contributed by atoms with van der Waals surface area (Å²) in [4.78, 5) is 31.8. The lowest BCUT2D eigenvalue weighted by atomic mass is 9.69. The van der Waals surface area contributed by atoms with Crippen LogP contribution in [0.15, 0.2) is 58.5 Å². The normalized spacial score (nSPS) is 16.8. The number of thioether (sulfide) groups is 1. The molecule has 7 nitrogen and oxygen atoms in total. The van der Waals surface area contributed by atoms with E-state index in [-0.39, 0.29) is 23.4 Å². The molecular formula is C26H27N5O2S. The van der Waals surface area contributed by atoms with Crippen LogP contribution in [0.2, 0.25) is 0 Å². The number of fused-ring (bicyclic) bond motifs is 4. The Morgan fingerprint density at radius 1 is 1.18 bits per heavy atom. The number of amides is 1. The summed E-state index contributed by atoms with van der Waals surface area (Å²) in [6.45, 7) is 6.15. The summed E-state index contributed by atoms with van der Waals surface area (Å²) in [6.07, 6.45) is 3.48. The minimum Gasteiger partial charge on any atom is -0.324 e. The van der Waals surface area contributed by atoms with E-state index in [1.807, 2.05) is 55.6 Å². The number of carbonyl (C=O) groups excluding carboxylic acids is 1. The number of carbonyl (C=O) groups is 1. The predicted molar refractivity (Wildman–Crippen MR) is 136 cm³/mol. The van der Waals surface area contributed by atoms with E-state index < -0.39 is 0 Å². The Labute approximate surface area is 202 Å². The van der Waals surface area contributed by atoms with E-state index in [1.165, 1.54) is 22.0 Å². The molecule has 0 radical (unpaired) electrons. The second kappa shape index (κ2) is 8.43. The molecule has 0 saturated heterocycles. The lowest BCUT2D eigenvalue weighted by molar-refractivity contribution is -0.116. The van der Waals surface area contributed by atoms with Gasteiger partial charge in [-0.1, -0.05) is 68.1 Å². The highest BCUT2D eigenvalue weighted by atomic mass is 32.2. The molecule has 5 rings (SSSR count). The second-order valence-electron chi connectivity index (χ2n) is 9.03. The molecule has 34 heavy (non-hydrogen) atoms. The molecule has 1 aliphatic carbocycles. The van der Waals surface area contributed by atoms with E-state index in [4.69, 9.17) is 4.98 Å². The first kappa shape index (κ1) is 22.4. The third-order valence-corrected chi connectivity index (χ3v) is 7.46. The van der Waals surface area contributed by atoms with Crippen molar-refractivity contribution in [1.29, 1.82) is 0 Å². The predicted octanol–water partition coefficient (Wildman–Crippen LogP) is 4.45. The van der Waals surface area contributed by atoms with Crippen LogP contribution in [0.3, 0.4) is 0 Å². The molecule has 0 bridgehead atoms. The average Bonchev–Trinajstić information content (AvgIpc) is 3.18. The van der Waals surface area contributed by atoms with Crippen LogP contribution in [0.5, 0.6) is 0 Å². The minimum absolute atomic E-state index is 0.0453. The SMILES string of the molecule is CC[C@@]1(C)Cc2ccccc2-c2nc3n(CC(=O)Nc4ccccc4C)nc(SC)n3c(=O)c21. The third-order valence-electron chi connectivity index (χ3n) is 6.83. The third kappa shape index (κ3) is 3.53. The van der Waals surface area contributed by atoms with Crippen LogP contribution in [-0.4, -0.2) is 31.3 Å². The summed E-state index contributed by atoms with van der Waals surface area (Å²) < 4.78 is 3.09. The lowest BCUT2D eigenvalue weighted by Crippen LogP contribution is -2.38. The molecule has 1 N–H and O–H groups in total. The molecule has 1 aliphatic rings. The molecule has 8 heteroatoms. The molecule has 1 amide bonds. The van der Waals surface area contributed by atoms with Crippen molar-refractivity contribution < 1.29 is 4.79 Å². The Kier molecular flexibility index (Phi) is 5.56. The second-order valence-corrected chi connectivity index (χ2v) is 9.80. The number of anilines is 1. The van der Waals surface area contributed by atoms with Gasteiger partial charge in [-0.05, 0) is 43.2 Å². The van der Waals surface area contributed by atoms with Gasteiger partial charge in [-0.15, -0.1) is 5.10 Å². The first-order chi connectivity index (χ1) is 16.4. The number of hydrogen-bond donors (Lipinski definition) is 1. The smallest absolute Gasteiger partial charge is 0.265 e. The number of aromatic nitrogens is 4. The largest absolute Gasteiger partial charge is 0.324 e. The van der Waals surface area contributed by atoms with Crippen LogP contribution in [0.25, 0.3) is 17.0 Å². The maximum absolute atomic E-state index is 13.9. The van der Waals surface area contributed by atoms with Crippen molar-refractivity contribution in [3.05, 3.63) is 75.6 Å². The highest BCUT2D eigenvalue weighted by molar-refractivity contribution is 7.98. The number of benzene rings is 2. The molecule has 2 aromatic heterocycles. The fraction of sp³-hybridized carbons (Fsp3) is 0.308. The van der Waals surface area contributed by atoms with Gasteiger partial charge in [0.1, 0.15) is 6.54 Å². The first-order valence-corrected chi connectivity index (χ1v) is 12.6. The van der Waals surface area contributed by atoms with Crippen LogP contribution < -0.4 is 10.9 Å². The van der Waals surface area contributed by atoms with E-state index >= 15 is 0 Å². The summed E-state index contributed by atoms with van der Waals surface area (Å²) in [7, 11) is 0. The fourth-order valence-electron chi connectivity index (χ4n) is 4.78. The van der Waals surface area contributed by atoms with Gasteiger partial charge < -0.3 is 5.32 Å². The van der Waals surface area contributed by atoms with Gasteiger partial charge in [0.05, 0.1) is 11.3 Å². The van der Waals surface area contributed by atoms with Crippen LogP contribution in [0, 0.1) is 6.92 Å². The van der Waals surface area contributed by atoms with E-state index in [9.17, 15) is 9.59 Å². The van der Waals surface area contributed by atoms with Gasteiger partial charge >= 0.3 is 0 Å². The Morgan fingerprint density at radius 2 is 1.91 bits per heavy atom. The maximum Gasteiger partial charge on any atom is 0.265 e. The Morgan fingerprint density at radius 3 is 2.65 bits per heavy atom. The highest BCUT2D eigenvalue weighted by Crippen LogP contribution is 2.42. The van der Waals surface area contributed by atoms with Crippen molar-refractivity contribution in [3.8, 4) is 11.3 Å². The summed E-state index contributed by atoms with van der Waals surface area (Å²) in [5, 5.41) is 8.06. The Bertz CT molecular complexity index is 1490.